The summed E-state index contributed by atoms with van der Waals surface area (Å²) in [5.41, 5.74) is 3.30. The average Bonchev–Trinajstić information content (AvgIpc) is 2.78. The SMILES string of the molecule is COc1cc(N2CCCCC2)ccc1/C=C1\C(=O)NC(=S)N(c2ccccc2C)C1=O. The Kier molecular flexibility index (Phi) is 6.04. The van der Waals surface area contributed by atoms with E-state index in [9.17, 15) is 9.59 Å². The van der Waals surface area contributed by atoms with Crippen LogP contribution in [0.25, 0.3) is 6.08 Å². The van der Waals surface area contributed by atoms with Gasteiger partial charge in [-0.2, -0.15) is 0 Å². The molecule has 0 aromatic heterocycles. The predicted octanol–water partition coefficient (Wildman–Crippen LogP) is 3.83. The third-order valence-electron chi connectivity index (χ3n) is 5.70. The summed E-state index contributed by atoms with van der Waals surface area (Å²) in [4.78, 5) is 29.6. The van der Waals surface area contributed by atoms with Crippen molar-refractivity contribution in [2.45, 2.75) is 26.2 Å². The molecular formula is C24H25N3O3S. The smallest absolute Gasteiger partial charge is 0.270 e. The predicted molar refractivity (Wildman–Crippen MR) is 126 cm³/mol. The number of piperidine rings is 1. The maximum atomic E-state index is 13.3. The lowest BCUT2D eigenvalue weighted by Crippen LogP contribution is -2.54. The molecule has 2 saturated heterocycles. The number of hydrogen-bond donors (Lipinski definition) is 1. The molecule has 2 amide bonds. The van der Waals surface area contributed by atoms with Crippen LogP contribution in [0.5, 0.6) is 5.75 Å². The minimum Gasteiger partial charge on any atom is -0.496 e. The minimum absolute atomic E-state index is 0.0147. The standard InChI is InChI=1S/C24H25N3O3S/c1-16-8-4-5-9-20(16)27-23(29)19(22(28)25-24(27)31)14-17-10-11-18(15-21(17)30-2)26-12-6-3-7-13-26/h4-5,8-11,14-15H,3,6-7,12-13H2,1-2H3,(H,25,28,31)/b19-14+. The Morgan fingerprint density at radius 2 is 1.81 bits per heavy atom. The summed E-state index contributed by atoms with van der Waals surface area (Å²) in [6.45, 7) is 3.94. The van der Waals surface area contributed by atoms with Crippen LogP contribution in [0.15, 0.2) is 48.0 Å². The summed E-state index contributed by atoms with van der Waals surface area (Å²) >= 11 is 5.29. The summed E-state index contributed by atoms with van der Waals surface area (Å²) in [6, 6.07) is 13.3. The van der Waals surface area contributed by atoms with Gasteiger partial charge in [-0.3, -0.25) is 19.8 Å². The number of anilines is 2. The van der Waals surface area contributed by atoms with E-state index in [-0.39, 0.29) is 10.7 Å². The van der Waals surface area contributed by atoms with Crippen LogP contribution < -0.4 is 19.9 Å². The van der Waals surface area contributed by atoms with Crippen molar-refractivity contribution in [1.82, 2.24) is 5.32 Å². The normalized spacial score (nSPS) is 18.4. The molecule has 6 nitrogen and oxygen atoms in total. The number of thiocarbonyl (C=S) groups is 1. The van der Waals surface area contributed by atoms with Crippen molar-refractivity contribution in [1.29, 1.82) is 0 Å². The molecule has 2 aliphatic heterocycles. The fourth-order valence-corrected chi connectivity index (χ4v) is 4.29. The molecule has 2 aromatic carbocycles. The van der Waals surface area contributed by atoms with E-state index in [4.69, 9.17) is 17.0 Å². The molecule has 2 fully saturated rings. The highest BCUT2D eigenvalue weighted by Gasteiger charge is 2.35. The fraction of sp³-hybridized carbons (Fsp3) is 0.292. The number of amides is 2. The van der Waals surface area contributed by atoms with Gasteiger partial charge in [-0.05, 0) is 68.2 Å². The molecular weight excluding hydrogens is 410 g/mol. The van der Waals surface area contributed by atoms with Crippen molar-refractivity contribution in [2.75, 3.05) is 30.0 Å². The van der Waals surface area contributed by atoms with Crippen LogP contribution in [-0.2, 0) is 9.59 Å². The molecule has 0 saturated carbocycles. The highest BCUT2D eigenvalue weighted by Crippen LogP contribution is 2.31. The Balaban J connectivity index is 1.69. The highest BCUT2D eigenvalue weighted by atomic mass is 32.1. The van der Waals surface area contributed by atoms with Crippen LogP contribution in [0.1, 0.15) is 30.4 Å². The van der Waals surface area contributed by atoms with Crippen molar-refractivity contribution >= 4 is 46.6 Å². The zero-order valence-corrected chi connectivity index (χ0v) is 18.5. The van der Waals surface area contributed by atoms with E-state index in [0.717, 1.165) is 24.3 Å². The molecule has 2 aliphatic rings. The first kappa shape index (κ1) is 21.1. The number of methoxy groups -OCH3 is 1. The molecule has 0 atom stereocenters. The van der Waals surface area contributed by atoms with Crippen LogP contribution >= 0.6 is 12.2 Å². The van der Waals surface area contributed by atoms with E-state index in [0.29, 0.717) is 17.0 Å². The molecule has 0 spiro atoms. The van der Waals surface area contributed by atoms with E-state index in [1.54, 1.807) is 13.2 Å². The van der Waals surface area contributed by atoms with E-state index >= 15 is 0 Å². The molecule has 1 N–H and O–H groups in total. The third-order valence-corrected chi connectivity index (χ3v) is 5.98. The molecule has 31 heavy (non-hydrogen) atoms. The van der Waals surface area contributed by atoms with Crippen LogP contribution in [0.4, 0.5) is 11.4 Å². The summed E-state index contributed by atoms with van der Waals surface area (Å²) in [5, 5.41) is 2.71. The Labute approximate surface area is 187 Å². The van der Waals surface area contributed by atoms with Gasteiger partial charge in [0.25, 0.3) is 11.8 Å². The fourth-order valence-electron chi connectivity index (χ4n) is 4.01. The van der Waals surface area contributed by atoms with Gasteiger partial charge < -0.3 is 9.64 Å². The van der Waals surface area contributed by atoms with Gasteiger partial charge in [-0.1, -0.05) is 18.2 Å². The summed E-state index contributed by atoms with van der Waals surface area (Å²) < 4.78 is 5.59. The molecule has 4 rings (SSSR count). The van der Waals surface area contributed by atoms with E-state index < -0.39 is 11.8 Å². The molecule has 0 aliphatic carbocycles. The second kappa shape index (κ2) is 8.89. The topological polar surface area (TPSA) is 61.9 Å². The lowest BCUT2D eigenvalue weighted by Gasteiger charge is -2.30. The largest absolute Gasteiger partial charge is 0.496 e. The minimum atomic E-state index is -0.512. The van der Waals surface area contributed by atoms with Gasteiger partial charge in [0.15, 0.2) is 5.11 Å². The number of ether oxygens (including phenoxy) is 1. The van der Waals surface area contributed by atoms with Crippen molar-refractivity contribution in [3.63, 3.8) is 0 Å². The second-order valence-electron chi connectivity index (χ2n) is 7.72. The number of nitrogens with one attached hydrogen (secondary N) is 1. The number of aryl methyl sites for hydroxylation is 1. The van der Waals surface area contributed by atoms with Crippen molar-refractivity contribution in [3.8, 4) is 5.75 Å². The number of rotatable bonds is 4. The first-order chi connectivity index (χ1) is 15.0. The van der Waals surface area contributed by atoms with E-state index in [1.807, 2.05) is 49.4 Å². The van der Waals surface area contributed by atoms with Crippen LogP contribution in [0.3, 0.4) is 0 Å². The van der Waals surface area contributed by atoms with Gasteiger partial charge in [0.05, 0.1) is 12.8 Å². The monoisotopic (exact) mass is 435 g/mol. The zero-order chi connectivity index (χ0) is 22.0. The van der Waals surface area contributed by atoms with Gasteiger partial charge in [-0.15, -0.1) is 0 Å². The van der Waals surface area contributed by atoms with Crippen molar-refractivity contribution < 1.29 is 14.3 Å². The molecule has 2 heterocycles. The van der Waals surface area contributed by atoms with E-state index in [2.05, 4.69) is 10.2 Å². The van der Waals surface area contributed by atoms with Gasteiger partial charge in [0.1, 0.15) is 11.3 Å². The van der Waals surface area contributed by atoms with E-state index in [1.165, 1.54) is 24.2 Å². The van der Waals surface area contributed by atoms with Crippen LogP contribution in [-0.4, -0.2) is 37.1 Å². The number of carbonyl (C=O) groups excluding carboxylic acids is 2. The Morgan fingerprint density at radius 1 is 1.06 bits per heavy atom. The maximum Gasteiger partial charge on any atom is 0.270 e. The summed E-state index contributed by atoms with van der Waals surface area (Å²) in [5.74, 6) is -0.348. The maximum absolute atomic E-state index is 13.3. The summed E-state index contributed by atoms with van der Waals surface area (Å²) in [7, 11) is 1.59. The van der Waals surface area contributed by atoms with Crippen LogP contribution in [0, 0.1) is 6.92 Å². The first-order valence-electron chi connectivity index (χ1n) is 10.4. The molecule has 7 heteroatoms. The highest BCUT2D eigenvalue weighted by molar-refractivity contribution is 7.80. The number of carbonyl (C=O) groups is 2. The molecule has 160 valence electrons. The van der Waals surface area contributed by atoms with Crippen molar-refractivity contribution in [2.24, 2.45) is 0 Å². The lowest BCUT2D eigenvalue weighted by atomic mass is 10.0. The van der Waals surface area contributed by atoms with Gasteiger partial charge in [-0.25, -0.2) is 0 Å². The number of benzene rings is 2. The molecule has 0 radical (unpaired) electrons. The Morgan fingerprint density at radius 3 is 2.52 bits per heavy atom. The van der Waals surface area contributed by atoms with Gasteiger partial charge >= 0.3 is 0 Å². The average molecular weight is 436 g/mol. The second-order valence-corrected chi connectivity index (χ2v) is 8.10. The Bertz CT molecular complexity index is 1070. The number of para-hydroxylation sites is 1. The number of nitrogens with zero attached hydrogens (tertiary/aromatic N) is 2. The molecule has 0 unspecified atom stereocenters. The van der Waals surface area contributed by atoms with Gasteiger partial charge in [0.2, 0.25) is 0 Å². The number of hydrogen-bond acceptors (Lipinski definition) is 5. The van der Waals surface area contributed by atoms with Crippen molar-refractivity contribution in [3.05, 3.63) is 59.2 Å². The lowest BCUT2D eigenvalue weighted by molar-refractivity contribution is -0.122. The zero-order valence-electron chi connectivity index (χ0n) is 17.7. The van der Waals surface area contributed by atoms with Crippen LogP contribution in [0.2, 0.25) is 0 Å². The Hall–Kier alpha value is -3.19. The molecule has 2 aromatic rings. The molecule has 0 bridgehead atoms. The quantitative estimate of drug-likeness (QED) is 0.449. The third kappa shape index (κ3) is 4.18. The first-order valence-corrected chi connectivity index (χ1v) is 10.8. The summed E-state index contributed by atoms with van der Waals surface area (Å²) in [6.07, 6.45) is 5.19. The van der Waals surface area contributed by atoms with Gasteiger partial charge in [0, 0.05) is 30.4 Å².